The van der Waals surface area contributed by atoms with Crippen molar-refractivity contribution in [3.8, 4) is 0 Å². The van der Waals surface area contributed by atoms with E-state index in [4.69, 9.17) is 22.4 Å². The fraction of sp³-hybridized carbons (Fsp3) is 0.364. The molecule has 3 N–H and O–H groups in total. The third-order valence-corrected chi connectivity index (χ3v) is 3.21. The Bertz CT molecular complexity index is 394. The molecular formula is C11H14BrCl2NO2. The zero-order chi connectivity index (χ0) is 12.3. The Balaban J connectivity index is 0.00000256. The maximum Gasteiger partial charge on any atom is 0.305 e. The molecule has 0 aliphatic heterocycles. The Kier molecular flexibility index (Phi) is 6.48. The standard InChI is InChI=1S/C11H13BrClNO2.ClH/c1-2-11(14,6-10(15)16)7-3-8(12)5-9(13)4-7;/h3-5H,2,6,14H2,1H3,(H,15,16);1H/t11-;/m1./s1. The Labute approximate surface area is 120 Å². The monoisotopic (exact) mass is 341 g/mol. The van der Waals surface area contributed by atoms with Crippen LogP contribution >= 0.6 is 39.9 Å². The van der Waals surface area contributed by atoms with Crippen molar-refractivity contribution in [1.82, 2.24) is 0 Å². The highest BCUT2D eigenvalue weighted by Crippen LogP contribution is 2.30. The summed E-state index contributed by atoms with van der Waals surface area (Å²) in [5, 5.41) is 9.40. The van der Waals surface area contributed by atoms with E-state index in [-0.39, 0.29) is 18.8 Å². The van der Waals surface area contributed by atoms with Gasteiger partial charge in [-0.15, -0.1) is 12.4 Å². The maximum absolute atomic E-state index is 10.8. The van der Waals surface area contributed by atoms with Gasteiger partial charge in [0.05, 0.1) is 12.0 Å². The minimum absolute atomic E-state index is 0. The number of aliphatic carboxylic acids is 1. The minimum Gasteiger partial charge on any atom is -0.481 e. The van der Waals surface area contributed by atoms with Crippen molar-refractivity contribution in [2.24, 2.45) is 5.73 Å². The molecule has 0 spiro atoms. The molecule has 1 rings (SSSR count). The first-order valence-electron chi connectivity index (χ1n) is 4.84. The van der Waals surface area contributed by atoms with Gasteiger partial charge in [0.1, 0.15) is 0 Å². The van der Waals surface area contributed by atoms with E-state index in [1.807, 2.05) is 6.92 Å². The molecule has 0 saturated carbocycles. The van der Waals surface area contributed by atoms with Crippen LogP contribution in [0.25, 0.3) is 0 Å². The van der Waals surface area contributed by atoms with Crippen LogP contribution in [-0.2, 0) is 10.3 Å². The van der Waals surface area contributed by atoms with Crippen molar-refractivity contribution in [1.29, 1.82) is 0 Å². The molecule has 0 aliphatic rings. The lowest BCUT2D eigenvalue weighted by Crippen LogP contribution is -2.38. The van der Waals surface area contributed by atoms with Gasteiger partial charge in [0, 0.05) is 9.50 Å². The number of carboxylic acid groups (broad SMARTS) is 1. The molecule has 1 aromatic rings. The largest absolute Gasteiger partial charge is 0.481 e. The molecule has 1 atom stereocenters. The normalized spacial score (nSPS) is 13.6. The van der Waals surface area contributed by atoms with E-state index in [0.717, 1.165) is 10.0 Å². The predicted octanol–water partition coefficient (Wildman–Crippen LogP) is 3.56. The number of carbonyl (C=O) groups is 1. The second-order valence-electron chi connectivity index (χ2n) is 3.74. The van der Waals surface area contributed by atoms with Crippen molar-refractivity contribution < 1.29 is 9.90 Å². The summed E-state index contributed by atoms with van der Waals surface area (Å²) >= 11 is 9.23. The number of hydrogen-bond donors (Lipinski definition) is 2. The Hall–Kier alpha value is -0.290. The summed E-state index contributed by atoms with van der Waals surface area (Å²) < 4.78 is 0.795. The summed E-state index contributed by atoms with van der Waals surface area (Å²) in [5.74, 6) is -0.916. The van der Waals surface area contributed by atoms with Crippen LogP contribution in [0.2, 0.25) is 5.02 Å². The SMILES string of the molecule is CC[C@@](N)(CC(=O)O)c1cc(Cl)cc(Br)c1.Cl. The first-order valence-corrected chi connectivity index (χ1v) is 6.02. The van der Waals surface area contributed by atoms with Crippen LogP contribution in [0, 0.1) is 0 Å². The number of hydrogen-bond acceptors (Lipinski definition) is 2. The first kappa shape index (κ1) is 16.7. The molecule has 0 fully saturated rings. The summed E-state index contributed by atoms with van der Waals surface area (Å²) in [4.78, 5) is 10.8. The molecule has 6 heteroatoms. The van der Waals surface area contributed by atoms with Crippen LogP contribution in [0.5, 0.6) is 0 Å². The van der Waals surface area contributed by atoms with E-state index < -0.39 is 11.5 Å². The quantitative estimate of drug-likeness (QED) is 0.879. The zero-order valence-corrected chi connectivity index (χ0v) is 12.4. The van der Waals surface area contributed by atoms with Gasteiger partial charge >= 0.3 is 5.97 Å². The molecule has 0 amide bonds. The van der Waals surface area contributed by atoms with Gasteiger partial charge in [-0.05, 0) is 30.2 Å². The number of halogens is 3. The number of nitrogens with two attached hydrogens (primary N) is 1. The second-order valence-corrected chi connectivity index (χ2v) is 5.09. The molecule has 1 aromatic carbocycles. The first-order chi connectivity index (χ1) is 7.37. The van der Waals surface area contributed by atoms with Crippen LogP contribution in [-0.4, -0.2) is 11.1 Å². The fourth-order valence-corrected chi connectivity index (χ4v) is 2.40. The number of carboxylic acids is 1. The van der Waals surface area contributed by atoms with Crippen molar-refractivity contribution >= 4 is 45.9 Å². The van der Waals surface area contributed by atoms with Gasteiger partial charge in [0.2, 0.25) is 0 Å². The molecule has 0 aromatic heterocycles. The number of rotatable bonds is 4. The molecule has 0 radical (unpaired) electrons. The van der Waals surface area contributed by atoms with Gasteiger partial charge in [0.25, 0.3) is 0 Å². The average Bonchev–Trinajstić information content (AvgIpc) is 2.15. The molecule has 0 heterocycles. The van der Waals surface area contributed by atoms with Gasteiger partial charge in [-0.3, -0.25) is 4.79 Å². The molecule has 0 bridgehead atoms. The van der Waals surface area contributed by atoms with Crippen molar-refractivity contribution in [3.05, 3.63) is 33.3 Å². The lowest BCUT2D eigenvalue weighted by atomic mass is 9.85. The van der Waals surface area contributed by atoms with E-state index in [0.29, 0.717) is 11.4 Å². The maximum atomic E-state index is 10.8. The van der Waals surface area contributed by atoms with E-state index in [1.54, 1.807) is 18.2 Å². The highest BCUT2D eigenvalue weighted by molar-refractivity contribution is 9.10. The fourth-order valence-electron chi connectivity index (χ4n) is 1.54. The molecule has 96 valence electrons. The van der Waals surface area contributed by atoms with E-state index in [2.05, 4.69) is 15.9 Å². The summed E-state index contributed by atoms with van der Waals surface area (Å²) in [7, 11) is 0. The summed E-state index contributed by atoms with van der Waals surface area (Å²) in [6, 6.07) is 5.25. The lowest BCUT2D eigenvalue weighted by molar-refractivity contribution is -0.138. The lowest BCUT2D eigenvalue weighted by Gasteiger charge is -2.27. The van der Waals surface area contributed by atoms with Crippen LogP contribution in [0.3, 0.4) is 0 Å². The van der Waals surface area contributed by atoms with Crippen LogP contribution in [0.4, 0.5) is 0 Å². The molecule has 0 saturated heterocycles. The van der Waals surface area contributed by atoms with Crippen LogP contribution in [0.15, 0.2) is 22.7 Å². The molecular weight excluding hydrogens is 329 g/mol. The van der Waals surface area contributed by atoms with Crippen LogP contribution in [0.1, 0.15) is 25.3 Å². The van der Waals surface area contributed by atoms with Gasteiger partial charge in [-0.25, -0.2) is 0 Å². The second kappa shape index (κ2) is 6.59. The Morgan fingerprint density at radius 3 is 2.53 bits per heavy atom. The Morgan fingerprint density at radius 2 is 2.12 bits per heavy atom. The topological polar surface area (TPSA) is 63.3 Å². The van der Waals surface area contributed by atoms with Gasteiger partial charge in [-0.1, -0.05) is 34.5 Å². The van der Waals surface area contributed by atoms with E-state index >= 15 is 0 Å². The summed E-state index contributed by atoms with van der Waals surface area (Å²) in [6.07, 6.45) is 0.419. The molecule has 3 nitrogen and oxygen atoms in total. The number of benzene rings is 1. The predicted molar refractivity (Wildman–Crippen MR) is 74.8 cm³/mol. The Morgan fingerprint density at radius 1 is 1.53 bits per heavy atom. The summed E-state index contributed by atoms with van der Waals surface area (Å²) in [6.45, 7) is 1.86. The third-order valence-electron chi connectivity index (χ3n) is 2.54. The van der Waals surface area contributed by atoms with E-state index in [1.165, 1.54) is 0 Å². The summed E-state index contributed by atoms with van der Waals surface area (Å²) in [5.41, 5.74) is 5.95. The molecule has 0 aliphatic carbocycles. The van der Waals surface area contributed by atoms with E-state index in [9.17, 15) is 4.79 Å². The third kappa shape index (κ3) is 4.47. The van der Waals surface area contributed by atoms with Crippen molar-refractivity contribution in [3.63, 3.8) is 0 Å². The molecule has 17 heavy (non-hydrogen) atoms. The van der Waals surface area contributed by atoms with Crippen molar-refractivity contribution in [2.75, 3.05) is 0 Å². The average molecular weight is 343 g/mol. The minimum atomic E-state index is -0.916. The highest BCUT2D eigenvalue weighted by atomic mass is 79.9. The smallest absolute Gasteiger partial charge is 0.305 e. The molecule has 0 unspecified atom stereocenters. The van der Waals surface area contributed by atoms with Gasteiger partial charge in [-0.2, -0.15) is 0 Å². The van der Waals surface area contributed by atoms with Crippen LogP contribution < -0.4 is 5.73 Å². The van der Waals surface area contributed by atoms with Gasteiger partial charge < -0.3 is 10.8 Å². The zero-order valence-electron chi connectivity index (χ0n) is 9.24. The van der Waals surface area contributed by atoms with Gasteiger partial charge in [0.15, 0.2) is 0 Å². The highest BCUT2D eigenvalue weighted by Gasteiger charge is 2.28. The van der Waals surface area contributed by atoms with Crippen molar-refractivity contribution in [2.45, 2.75) is 25.3 Å².